The summed E-state index contributed by atoms with van der Waals surface area (Å²) < 4.78 is 29.6. The lowest BCUT2D eigenvalue weighted by atomic mass is 9.44. The van der Waals surface area contributed by atoms with Gasteiger partial charge < -0.3 is 19.7 Å². The van der Waals surface area contributed by atoms with E-state index in [1.807, 2.05) is 30.3 Å². The van der Waals surface area contributed by atoms with Crippen LogP contribution < -0.4 is 0 Å². The second kappa shape index (κ2) is 8.55. The molecule has 1 aromatic rings. The lowest BCUT2D eigenvalue weighted by molar-refractivity contribution is -0.223. The zero-order valence-corrected chi connectivity index (χ0v) is 22.4. The summed E-state index contributed by atoms with van der Waals surface area (Å²) in [7, 11) is 0. The first-order valence-electron chi connectivity index (χ1n) is 13.4. The molecule has 0 bridgehead atoms. The first kappa shape index (κ1) is 26.3. The van der Waals surface area contributed by atoms with Crippen molar-refractivity contribution < 1.29 is 33.7 Å². The third kappa shape index (κ3) is 3.26. The highest BCUT2D eigenvalue weighted by molar-refractivity contribution is 6.29. The van der Waals surface area contributed by atoms with Gasteiger partial charge in [-0.2, -0.15) is 0 Å². The van der Waals surface area contributed by atoms with Gasteiger partial charge in [0.05, 0.1) is 31.3 Å². The van der Waals surface area contributed by atoms with Gasteiger partial charge in [-0.25, -0.2) is 4.39 Å². The van der Waals surface area contributed by atoms with Gasteiger partial charge in [-0.3, -0.25) is 9.59 Å². The molecule has 6 nitrogen and oxygen atoms in total. The van der Waals surface area contributed by atoms with E-state index in [1.165, 1.54) is 12.2 Å². The first-order chi connectivity index (χ1) is 18.0. The molecule has 204 valence electrons. The number of ketones is 2. The number of halogens is 2. The Kier molecular flexibility index (Phi) is 5.92. The molecular weight excluding hydrogens is 511 g/mol. The molecule has 5 aliphatic rings. The molecule has 9 atom stereocenters. The van der Waals surface area contributed by atoms with E-state index in [9.17, 15) is 19.8 Å². The smallest absolute Gasteiger partial charge is 0.182 e. The van der Waals surface area contributed by atoms with Crippen LogP contribution in [0, 0.1) is 22.7 Å². The zero-order valence-electron chi connectivity index (χ0n) is 21.7. The second-order valence-electron chi connectivity index (χ2n) is 12.3. The molecule has 4 fully saturated rings. The number of epoxide rings is 1. The molecule has 0 spiro atoms. The number of hydrogen-bond acceptors (Lipinski definition) is 6. The number of aliphatic hydroxyl groups is 2. The topological polar surface area (TPSA) is 96.4 Å². The van der Waals surface area contributed by atoms with Gasteiger partial charge in [0.2, 0.25) is 0 Å². The highest BCUT2D eigenvalue weighted by atomic mass is 35.5. The van der Waals surface area contributed by atoms with Gasteiger partial charge in [-0.05, 0) is 56.2 Å². The summed E-state index contributed by atoms with van der Waals surface area (Å²) in [5.74, 6) is -2.28. The molecule has 3 saturated carbocycles. The van der Waals surface area contributed by atoms with Crippen molar-refractivity contribution in [3.63, 3.8) is 0 Å². The SMILES string of the molecule is C[C@]12C=CC(=O)C=C1CC[C@H]1[C@@H]3C[C@@H](OCC4(c5ccccc5)CO4)[C@](O)(C(=O)CCl)[C@@]3(C)C[C@H](O)[C@@]12F. The lowest BCUT2D eigenvalue weighted by Gasteiger charge is -2.62. The molecule has 38 heavy (non-hydrogen) atoms. The van der Waals surface area contributed by atoms with Crippen molar-refractivity contribution in [1.82, 2.24) is 0 Å². The number of aliphatic hydroxyl groups excluding tert-OH is 1. The Morgan fingerprint density at radius 2 is 1.95 bits per heavy atom. The summed E-state index contributed by atoms with van der Waals surface area (Å²) in [6, 6.07) is 9.65. The Balaban J connectivity index is 1.36. The molecule has 1 saturated heterocycles. The minimum Gasteiger partial charge on any atom is -0.390 e. The molecule has 1 aliphatic heterocycles. The normalized spacial score (nSPS) is 47.1. The summed E-state index contributed by atoms with van der Waals surface area (Å²) in [4.78, 5) is 25.4. The summed E-state index contributed by atoms with van der Waals surface area (Å²) in [6.45, 7) is 4.10. The van der Waals surface area contributed by atoms with Gasteiger partial charge in [-0.15, -0.1) is 11.6 Å². The number of benzene rings is 1. The van der Waals surface area contributed by atoms with Gasteiger partial charge in [0.15, 0.2) is 22.8 Å². The third-order valence-electron chi connectivity index (χ3n) is 10.7. The molecule has 4 aliphatic carbocycles. The predicted molar refractivity (Wildman–Crippen MR) is 138 cm³/mol. The molecule has 6 rings (SSSR count). The number of fused-ring (bicyclic) bond motifs is 5. The van der Waals surface area contributed by atoms with Crippen LogP contribution in [0.5, 0.6) is 0 Å². The van der Waals surface area contributed by atoms with Crippen LogP contribution in [0.2, 0.25) is 0 Å². The lowest BCUT2D eigenvalue weighted by Crippen LogP contribution is -2.69. The van der Waals surface area contributed by atoms with E-state index in [4.69, 9.17) is 21.1 Å². The first-order valence-corrected chi connectivity index (χ1v) is 13.9. The largest absolute Gasteiger partial charge is 0.390 e. The number of hydrogen-bond donors (Lipinski definition) is 2. The Bertz CT molecular complexity index is 1230. The number of Topliss-reactive ketones (excluding diaryl/α,β-unsaturated/α-hetero) is 1. The van der Waals surface area contributed by atoms with Gasteiger partial charge >= 0.3 is 0 Å². The Morgan fingerprint density at radius 1 is 1.24 bits per heavy atom. The molecule has 0 aromatic heterocycles. The van der Waals surface area contributed by atoms with E-state index in [2.05, 4.69) is 0 Å². The van der Waals surface area contributed by atoms with Crippen LogP contribution in [0.3, 0.4) is 0 Å². The Morgan fingerprint density at radius 3 is 2.61 bits per heavy atom. The van der Waals surface area contributed by atoms with Crippen molar-refractivity contribution in [1.29, 1.82) is 0 Å². The fourth-order valence-electron chi connectivity index (χ4n) is 8.39. The van der Waals surface area contributed by atoms with Gasteiger partial charge in [0.25, 0.3) is 0 Å². The van der Waals surface area contributed by atoms with Crippen LogP contribution in [-0.4, -0.2) is 64.4 Å². The monoisotopic (exact) mass is 544 g/mol. The quantitative estimate of drug-likeness (QED) is 0.417. The molecule has 8 heteroatoms. The minimum absolute atomic E-state index is 0.130. The van der Waals surface area contributed by atoms with Crippen molar-refractivity contribution in [3.8, 4) is 0 Å². The number of alkyl halides is 2. The maximum absolute atomic E-state index is 17.4. The average molecular weight is 545 g/mol. The fourth-order valence-corrected chi connectivity index (χ4v) is 8.59. The molecular formula is C30H34ClFO6. The minimum atomic E-state index is -2.07. The average Bonchev–Trinajstić information content (AvgIpc) is 3.66. The van der Waals surface area contributed by atoms with Crippen molar-refractivity contribution in [2.75, 3.05) is 19.1 Å². The van der Waals surface area contributed by atoms with Crippen molar-refractivity contribution in [3.05, 3.63) is 59.7 Å². The number of carbonyl (C=O) groups excluding carboxylic acids is 2. The number of ether oxygens (including phenoxy) is 2. The number of allylic oxidation sites excluding steroid dienone is 4. The van der Waals surface area contributed by atoms with Crippen molar-refractivity contribution in [2.45, 2.75) is 68.6 Å². The molecule has 0 radical (unpaired) electrons. The summed E-state index contributed by atoms with van der Waals surface area (Å²) in [6.07, 6.45) is 3.08. The van der Waals surface area contributed by atoms with Crippen LogP contribution in [0.1, 0.15) is 45.1 Å². The zero-order chi connectivity index (χ0) is 27.1. The molecule has 0 amide bonds. The molecule has 1 unspecified atom stereocenters. The predicted octanol–water partition coefficient (Wildman–Crippen LogP) is 3.82. The standard InChI is InChI=1S/C30H34ClFO6/c1-26-11-10-20(33)12-19(26)8-9-21-22-13-25(37-16-28(17-38-28)18-6-4-3-5-7-18)30(36,24(35)15-31)27(22,2)14-23(34)29(21,26)32/h3-7,10-12,21-23,25,34,36H,8-9,13-17H2,1-2H3/t21-,22-,23-,25+,26-,27-,28?,29-,30+/m0/s1. The number of rotatable bonds is 6. The van der Waals surface area contributed by atoms with E-state index in [0.29, 0.717) is 25.0 Å². The molecule has 1 heterocycles. The Hall–Kier alpha value is -1.90. The van der Waals surface area contributed by atoms with E-state index in [0.717, 1.165) is 5.56 Å². The van der Waals surface area contributed by atoms with Gasteiger partial charge in [-0.1, -0.05) is 48.9 Å². The highest BCUT2D eigenvalue weighted by Crippen LogP contribution is 2.70. The molecule has 2 N–H and O–H groups in total. The van der Waals surface area contributed by atoms with E-state index >= 15 is 4.39 Å². The fraction of sp³-hybridized carbons (Fsp3) is 0.600. The summed E-state index contributed by atoms with van der Waals surface area (Å²) in [5.41, 5.74) is -5.39. The Labute approximate surface area is 226 Å². The van der Waals surface area contributed by atoms with E-state index in [-0.39, 0.29) is 25.2 Å². The van der Waals surface area contributed by atoms with Crippen LogP contribution in [0.4, 0.5) is 4.39 Å². The molecule has 1 aromatic carbocycles. The third-order valence-corrected chi connectivity index (χ3v) is 10.9. The van der Waals surface area contributed by atoms with E-state index in [1.54, 1.807) is 19.9 Å². The summed E-state index contributed by atoms with van der Waals surface area (Å²) >= 11 is 6.03. The second-order valence-corrected chi connectivity index (χ2v) is 12.5. The van der Waals surface area contributed by atoms with Crippen LogP contribution in [-0.2, 0) is 24.7 Å². The highest BCUT2D eigenvalue weighted by Gasteiger charge is 2.76. The van der Waals surface area contributed by atoms with Gasteiger partial charge in [0, 0.05) is 16.7 Å². The van der Waals surface area contributed by atoms with Crippen molar-refractivity contribution >= 4 is 23.2 Å². The maximum atomic E-state index is 17.4. The van der Waals surface area contributed by atoms with Gasteiger partial charge in [0.1, 0.15) is 5.60 Å². The number of carbonyl (C=O) groups is 2. The van der Waals surface area contributed by atoms with Crippen molar-refractivity contribution in [2.24, 2.45) is 22.7 Å². The summed E-state index contributed by atoms with van der Waals surface area (Å²) in [5, 5.41) is 23.7. The maximum Gasteiger partial charge on any atom is 0.182 e. The van der Waals surface area contributed by atoms with Crippen LogP contribution in [0.15, 0.2) is 54.1 Å². The van der Waals surface area contributed by atoms with Crippen LogP contribution in [0.25, 0.3) is 0 Å². The van der Waals surface area contributed by atoms with Crippen LogP contribution >= 0.6 is 11.6 Å². The van der Waals surface area contributed by atoms with E-state index < -0.39 is 63.4 Å².